The highest BCUT2D eigenvalue weighted by Gasteiger charge is 2.27. The first-order valence-corrected chi connectivity index (χ1v) is 9.57. The fourth-order valence-electron chi connectivity index (χ4n) is 3.83. The van der Waals surface area contributed by atoms with Gasteiger partial charge in [-0.1, -0.05) is 6.92 Å². The lowest BCUT2D eigenvalue weighted by molar-refractivity contribution is -0.123. The van der Waals surface area contributed by atoms with Crippen molar-refractivity contribution in [3.63, 3.8) is 0 Å². The number of carbonyl (C=O) groups is 1. The van der Waals surface area contributed by atoms with E-state index in [1.807, 2.05) is 6.92 Å². The van der Waals surface area contributed by atoms with Crippen molar-refractivity contribution in [1.82, 2.24) is 25.3 Å². The molecule has 140 valence electrons. The molecule has 25 heavy (non-hydrogen) atoms. The van der Waals surface area contributed by atoms with E-state index in [2.05, 4.69) is 39.2 Å². The molecule has 7 heteroatoms. The summed E-state index contributed by atoms with van der Waals surface area (Å²) >= 11 is 0. The third kappa shape index (κ3) is 5.01. The molecule has 2 heterocycles. The fourth-order valence-corrected chi connectivity index (χ4v) is 3.83. The largest absolute Gasteiger partial charge is 0.424 e. The molecule has 1 saturated carbocycles. The number of piperazine rings is 1. The topological polar surface area (TPSA) is 74.5 Å². The van der Waals surface area contributed by atoms with E-state index in [0.29, 0.717) is 24.4 Å². The lowest BCUT2D eigenvalue weighted by atomic mass is 9.87. The maximum Gasteiger partial charge on any atom is 0.234 e. The van der Waals surface area contributed by atoms with Crippen LogP contribution < -0.4 is 5.32 Å². The standard InChI is InChI=1S/C18H31N5O2/c1-13-4-6-16(7-5-13)19-17(24)12-22-8-10-23(11-9-22)14(2)18-21-20-15(3)25-18/h13-14,16H,4-12H2,1-3H3,(H,19,24)/t13?,14-,16?/m1/s1. The van der Waals surface area contributed by atoms with Gasteiger partial charge in [0.2, 0.25) is 17.7 Å². The maximum absolute atomic E-state index is 12.3. The summed E-state index contributed by atoms with van der Waals surface area (Å²) in [5, 5.41) is 11.3. The summed E-state index contributed by atoms with van der Waals surface area (Å²) in [6.07, 6.45) is 4.72. The van der Waals surface area contributed by atoms with Crippen LogP contribution in [0.25, 0.3) is 0 Å². The number of nitrogens with one attached hydrogen (secondary N) is 1. The van der Waals surface area contributed by atoms with Crippen LogP contribution in [0.3, 0.4) is 0 Å². The van der Waals surface area contributed by atoms with Crippen LogP contribution in [0.15, 0.2) is 4.42 Å². The summed E-state index contributed by atoms with van der Waals surface area (Å²) in [6, 6.07) is 0.507. The summed E-state index contributed by atoms with van der Waals surface area (Å²) in [5.41, 5.74) is 0. The zero-order chi connectivity index (χ0) is 17.8. The summed E-state index contributed by atoms with van der Waals surface area (Å²) in [5.74, 6) is 2.27. The van der Waals surface area contributed by atoms with Gasteiger partial charge in [0.15, 0.2) is 0 Å². The average Bonchev–Trinajstić information content (AvgIpc) is 3.03. The molecule has 0 spiro atoms. The van der Waals surface area contributed by atoms with E-state index in [0.717, 1.165) is 44.9 Å². The Morgan fingerprint density at radius 2 is 1.88 bits per heavy atom. The molecule has 3 rings (SSSR count). The molecule has 1 saturated heterocycles. The third-order valence-electron chi connectivity index (χ3n) is 5.60. The molecule has 0 unspecified atom stereocenters. The molecule has 2 fully saturated rings. The zero-order valence-electron chi connectivity index (χ0n) is 15.7. The van der Waals surface area contributed by atoms with E-state index in [4.69, 9.17) is 4.42 Å². The van der Waals surface area contributed by atoms with Gasteiger partial charge < -0.3 is 9.73 Å². The first-order valence-electron chi connectivity index (χ1n) is 9.57. The predicted molar refractivity (Wildman–Crippen MR) is 95.0 cm³/mol. The molecule has 0 bridgehead atoms. The van der Waals surface area contributed by atoms with Gasteiger partial charge in [-0.3, -0.25) is 14.6 Å². The molecule has 1 amide bonds. The highest BCUT2D eigenvalue weighted by molar-refractivity contribution is 5.78. The van der Waals surface area contributed by atoms with Gasteiger partial charge in [0.1, 0.15) is 0 Å². The minimum atomic E-state index is 0.126. The van der Waals surface area contributed by atoms with E-state index in [1.165, 1.54) is 12.8 Å². The molecule has 0 radical (unpaired) electrons. The monoisotopic (exact) mass is 349 g/mol. The quantitative estimate of drug-likeness (QED) is 0.873. The number of amides is 1. The second-order valence-corrected chi connectivity index (χ2v) is 7.67. The van der Waals surface area contributed by atoms with Crippen molar-refractivity contribution in [2.75, 3.05) is 32.7 Å². The van der Waals surface area contributed by atoms with E-state index < -0.39 is 0 Å². The summed E-state index contributed by atoms with van der Waals surface area (Å²) < 4.78 is 5.54. The van der Waals surface area contributed by atoms with Crippen molar-refractivity contribution in [2.45, 2.75) is 58.5 Å². The summed E-state index contributed by atoms with van der Waals surface area (Å²) in [4.78, 5) is 16.9. The van der Waals surface area contributed by atoms with Crippen molar-refractivity contribution in [2.24, 2.45) is 5.92 Å². The van der Waals surface area contributed by atoms with E-state index in [9.17, 15) is 4.79 Å². The van der Waals surface area contributed by atoms with Crippen LogP contribution in [0.1, 0.15) is 57.4 Å². The summed E-state index contributed by atoms with van der Waals surface area (Å²) in [7, 11) is 0. The Labute approximate surface area is 150 Å². The number of hydrogen-bond acceptors (Lipinski definition) is 6. The molecule has 1 aliphatic heterocycles. The van der Waals surface area contributed by atoms with Gasteiger partial charge in [-0.25, -0.2) is 0 Å². The van der Waals surface area contributed by atoms with Crippen LogP contribution >= 0.6 is 0 Å². The lowest BCUT2D eigenvalue weighted by Crippen LogP contribution is -2.51. The van der Waals surface area contributed by atoms with Crippen molar-refractivity contribution in [3.8, 4) is 0 Å². The Morgan fingerprint density at radius 1 is 1.20 bits per heavy atom. The highest BCUT2D eigenvalue weighted by atomic mass is 16.4. The minimum Gasteiger partial charge on any atom is -0.424 e. The van der Waals surface area contributed by atoms with E-state index >= 15 is 0 Å². The van der Waals surface area contributed by atoms with Crippen LogP contribution in [0.5, 0.6) is 0 Å². The number of rotatable bonds is 5. The van der Waals surface area contributed by atoms with Crippen molar-refractivity contribution < 1.29 is 9.21 Å². The summed E-state index contributed by atoms with van der Waals surface area (Å²) in [6.45, 7) is 10.3. The zero-order valence-corrected chi connectivity index (χ0v) is 15.7. The third-order valence-corrected chi connectivity index (χ3v) is 5.60. The second-order valence-electron chi connectivity index (χ2n) is 7.67. The van der Waals surface area contributed by atoms with Crippen molar-refractivity contribution >= 4 is 5.91 Å². The van der Waals surface area contributed by atoms with Gasteiger partial charge >= 0.3 is 0 Å². The van der Waals surface area contributed by atoms with Gasteiger partial charge in [0.05, 0.1) is 12.6 Å². The van der Waals surface area contributed by atoms with Crippen LogP contribution in [0, 0.1) is 12.8 Å². The van der Waals surface area contributed by atoms with Gasteiger partial charge in [0.25, 0.3) is 0 Å². The fraction of sp³-hybridized carbons (Fsp3) is 0.833. The second kappa shape index (κ2) is 8.27. The van der Waals surface area contributed by atoms with Crippen molar-refractivity contribution in [1.29, 1.82) is 0 Å². The Kier molecular flexibility index (Phi) is 6.06. The molecule has 7 nitrogen and oxygen atoms in total. The molecule has 1 aromatic heterocycles. The predicted octanol–water partition coefficient (Wildman–Crippen LogP) is 1.75. The Morgan fingerprint density at radius 3 is 2.48 bits per heavy atom. The van der Waals surface area contributed by atoms with Gasteiger partial charge in [-0.05, 0) is 38.5 Å². The highest BCUT2D eigenvalue weighted by Crippen LogP contribution is 2.23. The average molecular weight is 349 g/mol. The minimum absolute atomic E-state index is 0.126. The molecular weight excluding hydrogens is 318 g/mol. The lowest BCUT2D eigenvalue weighted by Gasteiger charge is -2.36. The number of aryl methyl sites for hydroxylation is 1. The van der Waals surface area contributed by atoms with E-state index in [-0.39, 0.29) is 11.9 Å². The SMILES string of the molecule is Cc1nnc([C@@H](C)N2CCN(CC(=O)NC3CCC(C)CC3)CC2)o1. The normalized spacial score (nSPS) is 27.2. The molecule has 2 aliphatic rings. The Hall–Kier alpha value is -1.47. The van der Waals surface area contributed by atoms with Crippen molar-refractivity contribution in [3.05, 3.63) is 11.8 Å². The molecular formula is C18H31N5O2. The van der Waals surface area contributed by atoms with Gasteiger partial charge in [-0.15, -0.1) is 10.2 Å². The van der Waals surface area contributed by atoms with E-state index in [1.54, 1.807) is 0 Å². The first-order chi connectivity index (χ1) is 12.0. The van der Waals surface area contributed by atoms with Gasteiger partial charge in [-0.2, -0.15) is 0 Å². The maximum atomic E-state index is 12.3. The molecule has 1 N–H and O–H groups in total. The van der Waals surface area contributed by atoms with Gasteiger partial charge in [0, 0.05) is 39.1 Å². The Bertz CT molecular complexity index is 560. The molecule has 0 aromatic carbocycles. The number of carbonyl (C=O) groups excluding carboxylic acids is 1. The molecule has 1 aliphatic carbocycles. The first kappa shape index (κ1) is 18.3. The van der Waals surface area contributed by atoms with Crippen LogP contribution in [-0.2, 0) is 4.79 Å². The van der Waals surface area contributed by atoms with Crippen LogP contribution in [0.4, 0.5) is 0 Å². The smallest absolute Gasteiger partial charge is 0.234 e. The molecule has 1 atom stereocenters. The number of nitrogens with zero attached hydrogens (tertiary/aromatic N) is 4. The molecule has 1 aromatic rings. The Balaban J connectivity index is 1.39. The number of aromatic nitrogens is 2. The van der Waals surface area contributed by atoms with Crippen LogP contribution in [-0.4, -0.2) is 64.7 Å². The van der Waals surface area contributed by atoms with Crippen LogP contribution in [0.2, 0.25) is 0 Å². The number of hydrogen-bond donors (Lipinski definition) is 1.